The molecule has 0 aromatic carbocycles. The van der Waals surface area contributed by atoms with Crippen LogP contribution in [-0.2, 0) is 9.47 Å². The molecule has 0 N–H and O–H groups in total. The zero-order valence-corrected chi connectivity index (χ0v) is 50.3. The highest BCUT2D eigenvalue weighted by molar-refractivity contribution is 5.60. The largest absolute Gasteiger partial charge is 0.508 e. The smallest absolute Gasteiger partial charge is 0.431 e. The number of hydrogen-bond acceptors (Lipinski definition) is 5. The van der Waals surface area contributed by atoms with Crippen LogP contribution in [0.3, 0.4) is 0 Å². The molecule has 2 heterocycles. The topological polar surface area (TPSA) is 42.0 Å². The van der Waals surface area contributed by atoms with Crippen molar-refractivity contribution in [3.8, 4) is 0 Å². The first kappa shape index (κ1) is 68.3. The van der Waals surface area contributed by atoms with Crippen molar-refractivity contribution in [2.24, 2.45) is 11.8 Å². The molecule has 2 saturated heterocycles. The summed E-state index contributed by atoms with van der Waals surface area (Å²) in [5.41, 5.74) is 0. The highest BCUT2D eigenvalue weighted by Crippen LogP contribution is 2.26. The number of carbonyl (C=O) groups excluding carboxylic acids is 1. The van der Waals surface area contributed by atoms with Gasteiger partial charge < -0.3 is 19.3 Å². The minimum Gasteiger partial charge on any atom is -0.431 e. The summed E-state index contributed by atoms with van der Waals surface area (Å²) >= 11 is 0. The SMILES string of the molecule is CCCCC/C=C\C/C=C\CCCCCCCC(CCCCCCCCCCC1CCN(C)CC1)OC(=O)OC(CCCCCCC/C=C\C/C=C\CCCCC)CCCCCCCCCCC1CCN(C)CC1. The van der Waals surface area contributed by atoms with E-state index in [-0.39, 0.29) is 18.4 Å². The lowest BCUT2D eigenvalue weighted by molar-refractivity contribution is -0.0121. The molecule has 2 aliphatic heterocycles. The monoisotopic (exact) mass is 1030 g/mol. The maximum atomic E-state index is 13.7. The van der Waals surface area contributed by atoms with Crippen LogP contribution >= 0.6 is 0 Å². The Morgan fingerprint density at radius 3 is 0.919 bits per heavy atom. The Morgan fingerprint density at radius 1 is 0.365 bits per heavy atom. The Morgan fingerprint density at radius 2 is 0.622 bits per heavy atom. The molecule has 5 nitrogen and oxygen atoms in total. The zero-order valence-electron chi connectivity index (χ0n) is 50.3. The minimum absolute atomic E-state index is 0.0130. The highest BCUT2D eigenvalue weighted by Gasteiger charge is 2.21. The molecular weight excluding hydrogens is 905 g/mol. The van der Waals surface area contributed by atoms with Crippen molar-refractivity contribution in [2.75, 3.05) is 40.3 Å². The fourth-order valence-electron chi connectivity index (χ4n) is 11.6. The number of nitrogens with zero attached hydrogens (tertiary/aromatic N) is 2. The quantitative estimate of drug-likeness (QED) is 0.0345. The molecule has 432 valence electrons. The highest BCUT2D eigenvalue weighted by atomic mass is 16.7. The first-order valence-corrected chi connectivity index (χ1v) is 33.3. The fourth-order valence-corrected chi connectivity index (χ4v) is 11.6. The summed E-state index contributed by atoms with van der Waals surface area (Å²) in [6, 6.07) is 0. The third-order valence-electron chi connectivity index (χ3n) is 16.9. The van der Waals surface area contributed by atoms with Gasteiger partial charge in [0.1, 0.15) is 12.2 Å². The number of ether oxygens (including phenoxy) is 2. The van der Waals surface area contributed by atoms with Gasteiger partial charge in [-0.2, -0.15) is 0 Å². The van der Waals surface area contributed by atoms with E-state index in [0.29, 0.717) is 0 Å². The molecule has 2 aliphatic rings. The Labute approximate surface area is 463 Å². The van der Waals surface area contributed by atoms with E-state index in [1.54, 1.807) is 0 Å². The Bertz CT molecular complexity index is 1200. The molecule has 0 saturated carbocycles. The Balaban J connectivity index is 1.79. The number of carbonyl (C=O) groups is 1. The molecule has 74 heavy (non-hydrogen) atoms. The molecule has 2 rings (SSSR count). The third-order valence-corrected chi connectivity index (χ3v) is 16.9. The van der Waals surface area contributed by atoms with Crippen molar-refractivity contribution in [1.29, 1.82) is 0 Å². The van der Waals surface area contributed by atoms with Gasteiger partial charge in [-0.05, 0) is 193 Å². The first-order valence-electron chi connectivity index (χ1n) is 33.3. The van der Waals surface area contributed by atoms with Crippen molar-refractivity contribution in [2.45, 2.75) is 334 Å². The molecule has 0 bridgehead atoms. The van der Waals surface area contributed by atoms with E-state index in [2.05, 4.69) is 86.4 Å². The van der Waals surface area contributed by atoms with E-state index in [1.165, 1.54) is 270 Å². The predicted molar refractivity (Wildman–Crippen MR) is 327 cm³/mol. The summed E-state index contributed by atoms with van der Waals surface area (Å²) in [4.78, 5) is 18.7. The molecule has 2 fully saturated rings. The first-order chi connectivity index (χ1) is 36.5. The van der Waals surface area contributed by atoms with E-state index < -0.39 is 0 Å². The standard InChI is InChI=1S/C69H128N2O3/c1-5-7-9-11-13-15-17-19-21-23-25-27-35-41-47-53-67(55-49-43-37-31-29-33-39-45-51-65-57-61-70(3)62-58-65)73-69(72)74-68(54-48-42-36-28-26-24-22-20-18-16-14-12-10-8-6-2)56-50-44-38-32-30-34-40-46-52-66-59-63-71(4)64-60-66/h13-16,19-22,65-68H,5-12,17-18,23-64H2,1-4H3/b15-13-,16-14-,21-19-,22-20-. The molecule has 2 unspecified atom stereocenters. The van der Waals surface area contributed by atoms with Crippen LogP contribution < -0.4 is 0 Å². The van der Waals surface area contributed by atoms with Crippen LogP contribution in [-0.4, -0.2) is 68.4 Å². The van der Waals surface area contributed by atoms with Gasteiger partial charge in [0.05, 0.1) is 0 Å². The predicted octanol–water partition coefficient (Wildman–Crippen LogP) is 22.0. The van der Waals surface area contributed by atoms with E-state index in [4.69, 9.17) is 9.47 Å². The summed E-state index contributed by atoms with van der Waals surface area (Å²) in [6.45, 7) is 9.73. The van der Waals surface area contributed by atoms with Crippen molar-refractivity contribution in [1.82, 2.24) is 9.80 Å². The van der Waals surface area contributed by atoms with Gasteiger partial charge in [0.25, 0.3) is 0 Å². The molecule has 5 heteroatoms. The lowest BCUT2D eigenvalue weighted by Gasteiger charge is -2.28. The van der Waals surface area contributed by atoms with Crippen LogP contribution in [0.15, 0.2) is 48.6 Å². The van der Waals surface area contributed by atoms with Crippen molar-refractivity contribution < 1.29 is 14.3 Å². The number of hydrogen-bond donors (Lipinski definition) is 0. The number of rotatable bonds is 52. The molecule has 0 spiro atoms. The maximum absolute atomic E-state index is 13.7. The second-order valence-corrected chi connectivity index (χ2v) is 24.1. The Kier molecular flexibility index (Phi) is 49.0. The fraction of sp³-hybridized carbons (Fsp3) is 0.870. The second-order valence-electron chi connectivity index (χ2n) is 24.1. The van der Waals surface area contributed by atoms with Crippen LogP contribution in [0.5, 0.6) is 0 Å². The van der Waals surface area contributed by atoms with Crippen molar-refractivity contribution in [3.05, 3.63) is 48.6 Å². The summed E-state index contributed by atoms with van der Waals surface area (Å²) in [5.74, 6) is 1.95. The number of allylic oxidation sites excluding steroid dienone is 8. The van der Waals surface area contributed by atoms with Crippen molar-refractivity contribution >= 4 is 6.16 Å². The number of unbranched alkanes of at least 4 members (excludes halogenated alkanes) is 30. The van der Waals surface area contributed by atoms with E-state index in [0.717, 1.165) is 76.0 Å². The lowest BCUT2D eigenvalue weighted by atomic mass is 9.91. The molecule has 2 atom stereocenters. The van der Waals surface area contributed by atoms with Crippen LogP contribution in [0.2, 0.25) is 0 Å². The molecule has 0 aromatic rings. The maximum Gasteiger partial charge on any atom is 0.508 e. The average molecular weight is 1030 g/mol. The van der Waals surface area contributed by atoms with E-state index >= 15 is 0 Å². The molecule has 0 aliphatic carbocycles. The third kappa shape index (κ3) is 45.2. The van der Waals surface area contributed by atoms with Crippen LogP contribution in [0.25, 0.3) is 0 Å². The van der Waals surface area contributed by atoms with Gasteiger partial charge in [0.15, 0.2) is 0 Å². The summed E-state index contributed by atoms with van der Waals surface area (Å²) in [5, 5.41) is 0. The molecular formula is C69H128N2O3. The van der Waals surface area contributed by atoms with Gasteiger partial charge in [-0.15, -0.1) is 0 Å². The van der Waals surface area contributed by atoms with Crippen LogP contribution in [0, 0.1) is 11.8 Å². The van der Waals surface area contributed by atoms with Gasteiger partial charge in [0.2, 0.25) is 0 Å². The van der Waals surface area contributed by atoms with Gasteiger partial charge in [-0.3, -0.25) is 0 Å². The molecule has 0 aromatic heterocycles. The van der Waals surface area contributed by atoms with Gasteiger partial charge in [-0.25, -0.2) is 4.79 Å². The Hall–Kier alpha value is -1.85. The van der Waals surface area contributed by atoms with Gasteiger partial charge in [0, 0.05) is 0 Å². The van der Waals surface area contributed by atoms with E-state index in [1.807, 2.05) is 0 Å². The van der Waals surface area contributed by atoms with Gasteiger partial charge in [-0.1, -0.05) is 229 Å². The van der Waals surface area contributed by atoms with Gasteiger partial charge >= 0.3 is 6.16 Å². The molecule has 0 amide bonds. The molecule has 0 radical (unpaired) electrons. The second kappa shape index (κ2) is 53.2. The van der Waals surface area contributed by atoms with Crippen LogP contribution in [0.1, 0.15) is 322 Å². The van der Waals surface area contributed by atoms with E-state index in [9.17, 15) is 4.79 Å². The number of piperidine rings is 2. The minimum atomic E-state index is -0.384. The summed E-state index contributed by atoms with van der Waals surface area (Å²) in [7, 11) is 4.54. The van der Waals surface area contributed by atoms with Crippen molar-refractivity contribution in [3.63, 3.8) is 0 Å². The summed E-state index contributed by atoms with van der Waals surface area (Å²) < 4.78 is 12.6. The lowest BCUT2D eigenvalue weighted by Crippen LogP contribution is -2.30. The number of likely N-dealkylation sites (tertiary alicyclic amines) is 2. The van der Waals surface area contributed by atoms with Crippen LogP contribution in [0.4, 0.5) is 4.79 Å². The normalized spacial score (nSPS) is 16.5. The zero-order chi connectivity index (χ0) is 52.9. The average Bonchev–Trinajstić information content (AvgIpc) is 3.40. The summed E-state index contributed by atoms with van der Waals surface area (Å²) in [6.07, 6.45) is 79.5.